The van der Waals surface area contributed by atoms with Crippen LogP contribution in [0.3, 0.4) is 0 Å². The molecule has 2 amide bonds. The van der Waals surface area contributed by atoms with Crippen molar-refractivity contribution >= 4 is 17.5 Å². The molecular formula is C20H23N5O2. The summed E-state index contributed by atoms with van der Waals surface area (Å²) in [6.07, 6.45) is 6.99. The Balaban J connectivity index is 1.44. The maximum atomic E-state index is 13.2. The zero-order chi connectivity index (χ0) is 18.4. The van der Waals surface area contributed by atoms with Crippen LogP contribution in [0.25, 0.3) is 0 Å². The zero-order valence-corrected chi connectivity index (χ0v) is 15.1. The van der Waals surface area contributed by atoms with E-state index in [0.29, 0.717) is 19.0 Å². The van der Waals surface area contributed by atoms with Gasteiger partial charge in [-0.25, -0.2) is 4.98 Å². The van der Waals surface area contributed by atoms with E-state index in [4.69, 9.17) is 0 Å². The van der Waals surface area contributed by atoms with E-state index in [1.807, 2.05) is 24.3 Å². The number of aromatic nitrogens is 2. The number of benzene rings is 1. The molecule has 3 N–H and O–H groups in total. The fourth-order valence-corrected chi connectivity index (χ4v) is 5.24. The van der Waals surface area contributed by atoms with E-state index in [0.717, 1.165) is 42.9 Å². The summed E-state index contributed by atoms with van der Waals surface area (Å²) < 4.78 is 0. The molecule has 2 saturated heterocycles. The SMILES string of the molecule is O=C(NCCc1ncc[nH]1)[C@@H]1C[C@H]2CCCN2[C@]12C(=O)Nc1ccccc12. The van der Waals surface area contributed by atoms with Gasteiger partial charge in [0.2, 0.25) is 11.8 Å². The Hall–Kier alpha value is -2.67. The van der Waals surface area contributed by atoms with E-state index >= 15 is 0 Å². The molecule has 1 aromatic carbocycles. The lowest BCUT2D eigenvalue weighted by molar-refractivity contribution is -0.137. The Kier molecular flexibility index (Phi) is 3.79. The zero-order valence-electron chi connectivity index (χ0n) is 15.1. The third-order valence-corrected chi connectivity index (χ3v) is 6.31. The van der Waals surface area contributed by atoms with E-state index < -0.39 is 5.54 Å². The van der Waals surface area contributed by atoms with Gasteiger partial charge in [-0.15, -0.1) is 0 Å². The third-order valence-electron chi connectivity index (χ3n) is 6.31. The average molecular weight is 365 g/mol. The Morgan fingerprint density at radius 2 is 2.26 bits per heavy atom. The van der Waals surface area contributed by atoms with E-state index in [1.165, 1.54) is 0 Å². The summed E-state index contributed by atoms with van der Waals surface area (Å²) in [6, 6.07) is 8.10. The highest BCUT2D eigenvalue weighted by Crippen LogP contribution is 2.55. The molecule has 0 bridgehead atoms. The maximum Gasteiger partial charge on any atom is 0.250 e. The number of rotatable bonds is 4. The predicted octanol–water partition coefficient (Wildman–Crippen LogP) is 1.40. The molecule has 4 heterocycles. The van der Waals surface area contributed by atoms with E-state index in [9.17, 15) is 9.59 Å². The molecule has 1 spiro atoms. The van der Waals surface area contributed by atoms with Gasteiger partial charge in [0.25, 0.3) is 0 Å². The minimum absolute atomic E-state index is 0.0391. The van der Waals surface area contributed by atoms with Crippen LogP contribution in [0.2, 0.25) is 0 Å². The van der Waals surface area contributed by atoms with Crippen molar-refractivity contribution in [3.63, 3.8) is 0 Å². The molecule has 1 aromatic heterocycles. The third kappa shape index (κ3) is 2.34. The lowest BCUT2D eigenvalue weighted by Gasteiger charge is -2.36. The molecule has 0 saturated carbocycles. The molecular weight excluding hydrogens is 342 g/mol. The summed E-state index contributed by atoms with van der Waals surface area (Å²) in [6.45, 7) is 1.37. The van der Waals surface area contributed by atoms with Crippen molar-refractivity contribution in [3.8, 4) is 0 Å². The second-order valence-electron chi connectivity index (χ2n) is 7.62. The largest absolute Gasteiger partial charge is 0.355 e. The van der Waals surface area contributed by atoms with Crippen LogP contribution in [-0.4, -0.2) is 45.8 Å². The smallest absolute Gasteiger partial charge is 0.250 e. The number of H-pyrrole nitrogens is 1. The van der Waals surface area contributed by atoms with Crippen LogP contribution >= 0.6 is 0 Å². The molecule has 2 fully saturated rings. The lowest BCUT2D eigenvalue weighted by Crippen LogP contribution is -2.54. The minimum Gasteiger partial charge on any atom is -0.355 e. The molecule has 27 heavy (non-hydrogen) atoms. The summed E-state index contributed by atoms with van der Waals surface area (Å²) in [5.41, 5.74) is 0.918. The van der Waals surface area contributed by atoms with Crippen LogP contribution in [0, 0.1) is 5.92 Å². The first-order valence-corrected chi connectivity index (χ1v) is 9.65. The van der Waals surface area contributed by atoms with Gasteiger partial charge in [0.15, 0.2) is 0 Å². The highest BCUT2D eigenvalue weighted by Gasteiger charge is 2.65. The van der Waals surface area contributed by atoms with Gasteiger partial charge in [0.05, 0.1) is 5.92 Å². The van der Waals surface area contributed by atoms with Gasteiger partial charge in [0, 0.05) is 42.7 Å². The van der Waals surface area contributed by atoms with E-state index in [1.54, 1.807) is 12.4 Å². The van der Waals surface area contributed by atoms with Crippen LogP contribution in [0.4, 0.5) is 5.69 Å². The summed E-state index contributed by atoms with van der Waals surface area (Å²) in [7, 11) is 0. The Morgan fingerprint density at radius 3 is 3.11 bits per heavy atom. The molecule has 3 atom stereocenters. The Morgan fingerprint density at radius 1 is 1.37 bits per heavy atom. The van der Waals surface area contributed by atoms with Crippen molar-refractivity contribution in [2.75, 3.05) is 18.4 Å². The van der Waals surface area contributed by atoms with Crippen molar-refractivity contribution in [2.45, 2.75) is 37.3 Å². The molecule has 3 aliphatic heterocycles. The number of fused-ring (bicyclic) bond motifs is 4. The molecule has 3 aliphatic rings. The number of nitrogens with one attached hydrogen (secondary N) is 3. The Bertz CT molecular complexity index is 880. The molecule has 5 rings (SSSR count). The molecule has 2 aromatic rings. The number of aromatic amines is 1. The highest BCUT2D eigenvalue weighted by molar-refractivity contribution is 6.09. The number of imidazole rings is 1. The number of nitrogens with zero attached hydrogens (tertiary/aromatic N) is 2. The first kappa shape index (κ1) is 16.5. The molecule has 0 aliphatic carbocycles. The average Bonchev–Trinajstić information content (AvgIpc) is 3.42. The van der Waals surface area contributed by atoms with Crippen molar-refractivity contribution in [1.82, 2.24) is 20.2 Å². The van der Waals surface area contributed by atoms with E-state index in [2.05, 4.69) is 25.5 Å². The van der Waals surface area contributed by atoms with Gasteiger partial charge in [0.1, 0.15) is 11.4 Å². The summed E-state index contributed by atoms with van der Waals surface area (Å²) in [4.78, 5) is 35.9. The van der Waals surface area contributed by atoms with Crippen molar-refractivity contribution in [2.24, 2.45) is 5.92 Å². The number of anilines is 1. The summed E-state index contributed by atoms with van der Waals surface area (Å²) in [5, 5.41) is 6.08. The van der Waals surface area contributed by atoms with Gasteiger partial charge in [-0.1, -0.05) is 18.2 Å². The van der Waals surface area contributed by atoms with Gasteiger partial charge >= 0.3 is 0 Å². The maximum absolute atomic E-state index is 13.2. The number of amides is 2. The standard InChI is InChI=1S/C20H23N5O2/c26-18(23-8-7-17-21-9-10-22-17)15-12-13-4-3-11-25(13)20(15)14-5-1-2-6-16(14)24-19(20)27/h1-2,5-6,9-10,13,15H,3-4,7-8,11-12H2,(H,21,22)(H,23,26)(H,24,27)/t13-,15+,20+/m1/s1. The molecule has 7 nitrogen and oxygen atoms in total. The summed E-state index contributed by atoms with van der Waals surface area (Å²) >= 11 is 0. The fourth-order valence-electron chi connectivity index (χ4n) is 5.24. The topological polar surface area (TPSA) is 90.1 Å². The van der Waals surface area contributed by atoms with Crippen molar-refractivity contribution in [1.29, 1.82) is 0 Å². The molecule has 140 valence electrons. The number of hydrogen-bond acceptors (Lipinski definition) is 4. The first-order chi connectivity index (χ1) is 13.2. The second kappa shape index (κ2) is 6.20. The van der Waals surface area contributed by atoms with Gasteiger partial charge in [-0.3, -0.25) is 14.5 Å². The van der Waals surface area contributed by atoms with E-state index in [-0.39, 0.29) is 17.7 Å². The number of para-hydroxylation sites is 1. The van der Waals surface area contributed by atoms with Crippen molar-refractivity contribution in [3.05, 3.63) is 48.0 Å². The van der Waals surface area contributed by atoms with Crippen LogP contribution in [-0.2, 0) is 21.5 Å². The lowest BCUT2D eigenvalue weighted by atomic mass is 9.78. The minimum atomic E-state index is -0.869. The monoisotopic (exact) mass is 365 g/mol. The Labute approximate surface area is 157 Å². The van der Waals surface area contributed by atoms with Crippen LogP contribution in [0.1, 0.15) is 30.7 Å². The number of hydrogen-bond donors (Lipinski definition) is 3. The van der Waals surface area contributed by atoms with Gasteiger partial charge in [-0.05, 0) is 31.9 Å². The molecule has 0 radical (unpaired) electrons. The van der Waals surface area contributed by atoms with Crippen LogP contribution in [0.5, 0.6) is 0 Å². The normalized spacial score (nSPS) is 29.0. The van der Waals surface area contributed by atoms with Gasteiger partial charge < -0.3 is 15.6 Å². The first-order valence-electron chi connectivity index (χ1n) is 9.65. The second-order valence-corrected chi connectivity index (χ2v) is 7.62. The van der Waals surface area contributed by atoms with Crippen LogP contribution in [0.15, 0.2) is 36.7 Å². The molecule has 0 unspecified atom stereocenters. The van der Waals surface area contributed by atoms with Crippen molar-refractivity contribution < 1.29 is 9.59 Å². The quantitative estimate of drug-likeness (QED) is 0.764. The predicted molar refractivity (Wildman–Crippen MR) is 99.9 cm³/mol. The number of carbonyl (C=O) groups is 2. The van der Waals surface area contributed by atoms with Crippen LogP contribution < -0.4 is 10.6 Å². The number of carbonyl (C=O) groups excluding carboxylic acids is 2. The molecule has 7 heteroatoms. The highest BCUT2D eigenvalue weighted by atomic mass is 16.2. The van der Waals surface area contributed by atoms with Gasteiger partial charge in [-0.2, -0.15) is 0 Å². The summed E-state index contributed by atoms with van der Waals surface area (Å²) in [5.74, 6) is 0.381. The fraction of sp³-hybridized carbons (Fsp3) is 0.450.